The van der Waals surface area contributed by atoms with E-state index in [1.54, 1.807) is 0 Å². The van der Waals surface area contributed by atoms with Gasteiger partial charge in [-0.3, -0.25) is 0 Å². The first-order chi connectivity index (χ1) is 6.31. The van der Waals surface area contributed by atoms with Gasteiger partial charge in [-0.1, -0.05) is 44.1 Å². The van der Waals surface area contributed by atoms with E-state index >= 15 is 0 Å². The Morgan fingerprint density at radius 1 is 1.23 bits per heavy atom. The van der Waals surface area contributed by atoms with Gasteiger partial charge in [-0.05, 0) is 25.8 Å². The lowest BCUT2D eigenvalue weighted by atomic mass is 10.2. The molecule has 0 saturated carbocycles. The molecule has 0 fully saturated rings. The Hall–Kier alpha value is -0.980. The molecule has 0 unspecified atom stereocenters. The van der Waals surface area contributed by atoms with Gasteiger partial charge in [0.05, 0.1) is 0 Å². The van der Waals surface area contributed by atoms with Crippen LogP contribution in [0.3, 0.4) is 0 Å². The van der Waals surface area contributed by atoms with Gasteiger partial charge >= 0.3 is 0 Å². The second-order valence-electron chi connectivity index (χ2n) is 3.07. The van der Waals surface area contributed by atoms with Crippen molar-refractivity contribution in [2.45, 2.75) is 39.5 Å². The minimum absolute atomic E-state index is 0.818. The standard InChI is InChI=1S/C12H21N/c1-3-5-6-7-8-9-10-11-12(13)4-2/h4,8-11H,3,5-7,13H2,1-2H3/b9-8+,11-10+,12-4-. The molecular formula is C12H21N. The SMILES string of the molecule is C/C=C(N)/C=C/C=C/CCCCC. The molecule has 0 aliphatic heterocycles. The summed E-state index contributed by atoms with van der Waals surface area (Å²) in [5, 5.41) is 0. The zero-order chi connectivity index (χ0) is 9.94. The van der Waals surface area contributed by atoms with Crippen LogP contribution >= 0.6 is 0 Å². The molecule has 0 bridgehead atoms. The van der Waals surface area contributed by atoms with Gasteiger partial charge in [0, 0.05) is 5.70 Å². The van der Waals surface area contributed by atoms with Crippen molar-refractivity contribution in [3.63, 3.8) is 0 Å². The van der Waals surface area contributed by atoms with Gasteiger partial charge in [0.25, 0.3) is 0 Å². The van der Waals surface area contributed by atoms with E-state index in [0.29, 0.717) is 0 Å². The van der Waals surface area contributed by atoms with Crippen LogP contribution in [0.25, 0.3) is 0 Å². The molecule has 1 nitrogen and oxygen atoms in total. The molecular weight excluding hydrogens is 158 g/mol. The largest absolute Gasteiger partial charge is 0.399 e. The summed E-state index contributed by atoms with van der Waals surface area (Å²) in [5.41, 5.74) is 6.39. The van der Waals surface area contributed by atoms with Crippen LogP contribution in [0, 0.1) is 0 Å². The Kier molecular flexibility index (Phi) is 8.42. The minimum atomic E-state index is 0.818. The second kappa shape index (κ2) is 9.11. The van der Waals surface area contributed by atoms with E-state index in [2.05, 4.69) is 19.1 Å². The zero-order valence-electron chi connectivity index (χ0n) is 8.79. The highest BCUT2D eigenvalue weighted by atomic mass is 14.5. The molecule has 0 heterocycles. The molecule has 0 aromatic carbocycles. The molecule has 0 aromatic rings. The van der Waals surface area contributed by atoms with Crippen LogP contribution in [0.1, 0.15) is 39.5 Å². The third-order valence-electron chi connectivity index (χ3n) is 1.84. The van der Waals surface area contributed by atoms with Crippen LogP contribution in [0.15, 0.2) is 36.1 Å². The summed E-state index contributed by atoms with van der Waals surface area (Å²) in [6.07, 6.45) is 15.1. The quantitative estimate of drug-likeness (QED) is 0.490. The Bertz CT molecular complexity index is 187. The summed E-state index contributed by atoms with van der Waals surface area (Å²) < 4.78 is 0. The lowest BCUT2D eigenvalue weighted by molar-refractivity contribution is 0.729. The van der Waals surface area contributed by atoms with Gasteiger partial charge in [-0.2, -0.15) is 0 Å². The third kappa shape index (κ3) is 8.93. The van der Waals surface area contributed by atoms with E-state index in [0.717, 1.165) is 5.70 Å². The topological polar surface area (TPSA) is 26.0 Å². The van der Waals surface area contributed by atoms with Crippen LogP contribution in [0.5, 0.6) is 0 Å². The van der Waals surface area contributed by atoms with Crippen LogP contribution in [0.2, 0.25) is 0 Å². The fourth-order valence-electron chi connectivity index (χ4n) is 0.950. The van der Waals surface area contributed by atoms with Crippen molar-refractivity contribution in [1.82, 2.24) is 0 Å². The van der Waals surface area contributed by atoms with Crippen LogP contribution in [-0.4, -0.2) is 0 Å². The van der Waals surface area contributed by atoms with Crippen molar-refractivity contribution in [1.29, 1.82) is 0 Å². The normalized spacial score (nSPS) is 13.2. The number of nitrogens with two attached hydrogens (primary N) is 1. The van der Waals surface area contributed by atoms with Crippen molar-refractivity contribution >= 4 is 0 Å². The van der Waals surface area contributed by atoms with Crippen LogP contribution in [0.4, 0.5) is 0 Å². The molecule has 0 saturated heterocycles. The van der Waals surface area contributed by atoms with Crippen molar-refractivity contribution in [3.8, 4) is 0 Å². The first-order valence-corrected chi connectivity index (χ1v) is 5.06. The maximum Gasteiger partial charge on any atom is 0.0270 e. The summed E-state index contributed by atoms with van der Waals surface area (Å²) in [6, 6.07) is 0. The van der Waals surface area contributed by atoms with Crippen molar-refractivity contribution in [3.05, 3.63) is 36.1 Å². The molecule has 0 aliphatic rings. The summed E-state index contributed by atoms with van der Waals surface area (Å²) in [7, 11) is 0. The first-order valence-electron chi connectivity index (χ1n) is 5.06. The molecule has 13 heavy (non-hydrogen) atoms. The van der Waals surface area contributed by atoms with Gasteiger partial charge in [0.15, 0.2) is 0 Å². The van der Waals surface area contributed by atoms with E-state index in [9.17, 15) is 0 Å². The van der Waals surface area contributed by atoms with E-state index in [1.807, 2.05) is 25.2 Å². The molecule has 0 aliphatic carbocycles. The second-order valence-corrected chi connectivity index (χ2v) is 3.07. The molecule has 0 rings (SSSR count). The monoisotopic (exact) mass is 179 g/mol. The molecule has 74 valence electrons. The maximum absolute atomic E-state index is 5.58. The van der Waals surface area contributed by atoms with E-state index in [4.69, 9.17) is 5.73 Å². The average Bonchev–Trinajstić information content (AvgIpc) is 2.16. The molecule has 2 N–H and O–H groups in total. The predicted molar refractivity (Wildman–Crippen MR) is 60.4 cm³/mol. The van der Waals surface area contributed by atoms with Crippen molar-refractivity contribution in [2.24, 2.45) is 5.73 Å². The van der Waals surface area contributed by atoms with E-state index < -0.39 is 0 Å². The highest BCUT2D eigenvalue weighted by Crippen LogP contribution is 1.99. The number of rotatable bonds is 6. The van der Waals surface area contributed by atoms with Crippen LogP contribution in [-0.2, 0) is 0 Å². The van der Waals surface area contributed by atoms with Gasteiger partial charge < -0.3 is 5.73 Å². The van der Waals surface area contributed by atoms with Crippen molar-refractivity contribution < 1.29 is 0 Å². The number of allylic oxidation sites excluding steroid dienone is 5. The van der Waals surface area contributed by atoms with Gasteiger partial charge in [0.2, 0.25) is 0 Å². The molecule has 0 spiro atoms. The van der Waals surface area contributed by atoms with E-state index in [1.165, 1.54) is 25.7 Å². The summed E-state index contributed by atoms with van der Waals surface area (Å²) in [4.78, 5) is 0. The molecule has 0 amide bonds. The van der Waals surface area contributed by atoms with Gasteiger partial charge in [-0.15, -0.1) is 0 Å². The Labute approximate surface area is 82.0 Å². The molecule has 0 aromatic heterocycles. The van der Waals surface area contributed by atoms with Gasteiger partial charge in [-0.25, -0.2) is 0 Å². The minimum Gasteiger partial charge on any atom is -0.399 e. The average molecular weight is 179 g/mol. The highest BCUT2D eigenvalue weighted by Gasteiger charge is 1.80. The highest BCUT2D eigenvalue weighted by molar-refractivity contribution is 5.18. The Morgan fingerprint density at radius 3 is 2.62 bits per heavy atom. The lowest BCUT2D eigenvalue weighted by Crippen LogP contribution is -1.89. The van der Waals surface area contributed by atoms with E-state index in [-0.39, 0.29) is 0 Å². The summed E-state index contributed by atoms with van der Waals surface area (Å²) >= 11 is 0. The third-order valence-corrected chi connectivity index (χ3v) is 1.84. The lowest BCUT2D eigenvalue weighted by Gasteiger charge is -1.90. The Morgan fingerprint density at radius 2 is 2.00 bits per heavy atom. The smallest absolute Gasteiger partial charge is 0.0270 e. The predicted octanol–water partition coefficient (Wildman–Crippen LogP) is 3.54. The van der Waals surface area contributed by atoms with Crippen LogP contribution < -0.4 is 5.73 Å². The fraction of sp³-hybridized carbons (Fsp3) is 0.500. The fourth-order valence-corrected chi connectivity index (χ4v) is 0.950. The number of hydrogen-bond donors (Lipinski definition) is 1. The van der Waals surface area contributed by atoms with Gasteiger partial charge in [0.1, 0.15) is 0 Å². The molecule has 0 radical (unpaired) electrons. The first kappa shape index (κ1) is 12.0. The maximum atomic E-state index is 5.58. The molecule has 0 atom stereocenters. The Balaban J connectivity index is 3.46. The molecule has 1 heteroatoms. The number of hydrogen-bond acceptors (Lipinski definition) is 1. The van der Waals surface area contributed by atoms with Crippen molar-refractivity contribution in [2.75, 3.05) is 0 Å². The zero-order valence-corrected chi connectivity index (χ0v) is 8.79. The summed E-state index contributed by atoms with van der Waals surface area (Å²) in [6.45, 7) is 4.15. The summed E-state index contributed by atoms with van der Waals surface area (Å²) in [5.74, 6) is 0. The number of unbranched alkanes of at least 4 members (excludes halogenated alkanes) is 3.